The Morgan fingerprint density at radius 1 is 1.31 bits per heavy atom. The molecule has 1 aliphatic carbocycles. The summed E-state index contributed by atoms with van der Waals surface area (Å²) in [7, 11) is 2.00. The lowest BCUT2D eigenvalue weighted by Gasteiger charge is -2.10. The van der Waals surface area contributed by atoms with Crippen molar-refractivity contribution in [2.45, 2.75) is 57.4 Å². The highest BCUT2D eigenvalue weighted by Gasteiger charge is 2.18. The van der Waals surface area contributed by atoms with Crippen LogP contribution in [0.5, 0.6) is 0 Å². The molecule has 0 aliphatic heterocycles. The Balaban J connectivity index is 2.05. The van der Waals surface area contributed by atoms with E-state index in [2.05, 4.69) is 17.6 Å². The number of thiazole rings is 1. The lowest BCUT2D eigenvalue weighted by Crippen LogP contribution is -2.12. The maximum absolute atomic E-state index is 4.80. The molecule has 1 atom stereocenters. The van der Waals surface area contributed by atoms with Gasteiger partial charge in [-0.2, -0.15) is 0 Å². The van der Waals surface area contributed by atoms with E-state index in [-0.39, 0.29) is 0 Å². The molecule has 16 heavy (non-hydrogen) atoms. The van der Waals surface area contributed by atoms with E-state index in [1.54, 1.807) is 0 Å². The average molecular weight is 238 g/mol. The van der Waals surface area contributed by atoms with Crippen LogP contribution in [-0.2, 0) is 0 Å². The molecule has 0 saturated heterocycles. The van der Waals surface area contributed by atoms with E-state index in [0.717, 1.165) is 5.92 Å². The smallest absolute Gasteiger partial charge is 0.0959 e. The molecule has 1 aromatic heterocycles. The molecule has 0 bridgehead atoms. The second-order valence-electron chi connectivity index (χ2n) is 4.81. The van der Waals surface area contributed by atoms with Gasteiger partial charge in [0.2, 0.25) is 0 Å². The van der Waals surface area contributed by atoms with E-state index in [1.807, 2.05) is 18.4 Å². The topological polar surface area (TPSA) is 24.9 Å². The minimum Gasteiger partial charge on any atom is -0.312 e. The number of hydrogen-bond acceptors (Lipinski definition) is 3. The SMILES string of the molecule is CNC(C)c1csc(C2CCCCCC2)n1. The summed E-state index contributed by atoms with van der Waals surface area (Å²) in [6.45, 7) is 2.17. The van der Waals surface area contributed by atoms with Crippen LogP contribution in [0.3, 0.4) is 0 Å². The summed E-state index contributed by atoms with van der Waals surface area (Å²) in [5.74, 6) is 0.741. The van der Waals surface area contributed by atoms with Gasteiger partial charge in [0, 0.05) is 17.3 Å². The molecule has 0 amide bonds. The first kappa shape index (κ1) is 12.1. The number of hydrogen-bond donors (Lipinski definition) is 1. The molecule has 90 valence electrons. The minimum atomic E-state index is 0.385. The van der Waals surface area contributed by atoms with Crippen molar-refractivity contribution in [2.24, 2.45) is 0 Å². The van der Waals surface area contributed by atoms with Gasteiger partial charge in [-0.1, -0.05) is 25.7 Å². The molecule has 1 heterocycles. The fraction of sp³-hybridized carbons (Fsp3) is 0.769. The van der Waals surface area contributed by atoms with Gasteiger partial charge in [-0.05, 0) is 26.8 Å². The zero-order valence-corrected chi connectivity index (χ0v) is 11.1. The van der Waals surface area contributed by atoms with Gasteiger partial charge in [-0.25, -0.2) is 4.98 Å². The van der Waals surface area contributed by atoms with Gasteiger partial charge in [0.25, 0.3) is 0 Å². The Labute approximate surface area is 102 Å². The Hall–Kier alpha value is -0.410. The van der Waals surface area contributed by atoms with E-state index in [4.69, 9.17) is 4.98 Å². The molecule has 1 fully saturated rings. The van der Waals surface area contributed by atoms with Crippen molar-refractivity contribution >= 4 is 11.3 Å². The van der Waals surface area contributed by atoms with Crippen LogP contribution in [-0.4, -0.2) is 12.0 Å². The van der Waals surface area contributed by atoms with Gasteiger partial charge in [0.05, 0.1) is 10.7 Å². The molecule has 1 saturated carbocycles. The van der Waals surface area contributed by atoms with E-state index in [0.29, 0.717) is 6.04 Å². The monoisotopic (exact) mass is 238 g/mol. The highest BCUT2D eigenvalue weighted by molar-refractivity contribution is 7.09. The van der Waals surface area contributed by atoms with Crippen molar-refractivity contribution in [2.75, 3.05) is 7.05 Å². The van der Waals surface area contributed by atoms with Gasteiger partial charge in [0.15, 0.2) is 0 Å². The van der Waals surface area contributed by atoms with E-state index in [9.17, 15) is 0 Å². The maximum Gasteiger partial charge on any atom is 0.0959 e. The molecule has 0 radical (unpaired) electrons. The summed E-state index contributed by atoms with van der Waals surface area (Å²) in [4.78, 5) is 4.80. The third-order valence-electron chi connectivity index (χ3n) is 3.62. The standard InChI is InChI=1S/C13H22N2S/c1-10(14-2)12-9-16-13(15-12)11-7-5-3-4-6-8-11/h9-11,14H,3-8H2,1-2H3. The quantitative estimate of drug-likeness (QED) is 0.809. The van der Waals surface area contributed by atoms with E-state index in [1.165, 1.54) is 49.2 Å². The highest BCUT2D eigenvalue weighted by atomic mass is 32.1. The van der Waals surface area contributed by atoms with Crippen LogP contribution >= 0.6 is 11.3 Å². The lowest BCUT2D eigenvalue weighted by atomic mass is 10.0. The van der Waals surface area contributed by atoms with Crippen molar-refractivity contribution in [1.82, 2.24) is 10.3 Å². The molecule has 1 unspecified atom stereocenters. The van der Waals surface area contributed by atoms with E-state index >= 15 is 0 Å². The first-order chi connectivity index (χ1) is 7.81. The Bertz CT molecular complexity index is 313. The van der Waals surface area contributed by atoms with Crippen LogP contribution < -0.4 is 5.32 Å². The summed E-state index contributed by atoms with van der Waals surface area (Å²) >= 11 is 1.86. The third kappa shape index (κ3) is 2.83. The largest absolute Gasteiger partial charge is 0.312 e. The summed E-state index contributed by atoms with van der Waals surface area (Å²) < 4.78 is 0. The first-order valence-electron chi connectivity index (χ1n) is 6.44. The molecule has 2 nitrogen and oxygen atoms in total. The summed E-state index contributed by atoms with van der Waals surface area (Å²) in [5, 5.41) is 6.85. The van der Waals surface area contributed by atoms with Crippen LogP contribution in [0.2, 0.25) is 0 Å². The fourth-order valence-corrected chi connectivity index (χ4v) is 3.45. The molecular weight excluding hydrogens is 216 g/mol. The maximum atomic E-state index is 4.80. The summed E-state index contributed by atoms with van der Waals surface area (Å²) in [6, 6.07) is 0.385. The molecule has 1 aromatic rings. The minimum absolute atomic E-state index is 0.385. The third-order valence-corrected chi connectivity index (χ3v) is 4.65. The second-order valence-corrected chi connectivity index (χ2v) is 5.70. The molecule has 0 spiro atoms. The number of aromatic nitrogens is 1. The average Bonchev–Trinajstić information content (AvgIpc) is 2.64. The van der Waals surface area contributed by atoms with Crippen LogP contribution in [0.4, 0.5) is 0 Å². The molecule has 1 N–H and O–H groups in total. The first-order valence-corrected chi connectivity index (χ1v) is 7.32. The zero-order valence-electron chi connectivity index (χ0n) is 10.3. The molecule has 0 aromatic carbocycles. The molecule has 1 aliphatic rings. The van der Waals surface area contributed by atoms with Crippen LogP contribution in [0.15, 0.2) is 5.38 Å². The van der Waals surface area contributed by atoms with Crippen molar-refractivity contribution in [3.63, 3.8) is 0 Å². The predicted octanol–water partition coefficient (Wildman–Crippen LogP) is 3.86. The lowest BCUT2D eigenvalue weighted by molar-refractivity contribution is 0.578. The number of nitrogens with zero attached hydrogens (tertiary/aromatic N) is 1. The van der Waals surface area contributed by atoms with Crippen molar-refractivity contribution < 1.29 is 0 Å². The van der Waals surface area contributed by atoms with Gasteiger partial charge >= 0.3 is 0 Å². The zero-order chi connectivity index (χ0) is 11.4. The number of nitrogens with one attached hydrogen (secondary N) is 1. The predicted molar refractivity (Wildman–Crippen MR) is 70.0 cm³/mol. The molecule has 2 rings (SSSR count). The highest BCUT2D eigenvalue weighted by Crippen LogP contribution is 2.33. The van der Waals surface area contributed by atoms with Gasteiger partial charge in [-0.15, -0.1) is 11.3 Å². The molecular formula is C13H22N2S. The fourth-order valence-electron chi connectivity index (χ4n) is 2.36. The van der Waals surface area contributed by atoms with Gasteiger partial charge < -0.3 is 5.32 Å². The van der Waals surface area contributed by atoms with Gasteiger partial charge in [0.1, 0.15) is 0 Å². The van der Waals surface area contributed by atoms with Crippen molar-refractivity contribution in [1.29, 1.82) is 0 Å². The van der Waals surface area contributed by atoms with Crippen LogP contribution in [0.1, 0.15) is 68.1 Å². The summed E-state index contributed by atoms with van der Waals surface area (Å²) in [5.41, 5.74) is 1.21. The summed E-state index contributed by atoms with van der Waals surface area (Å²) in [6.07, 6.45) is 8.31. The Morgan fingerprint density at radius 3 is 2.62 bits per heavy atom. The van der Waals surface area contributed by atoms with Crippen LogP contribution in [0.25, 0.3) is 0 Å². The van der Waals surface area contributed by atoms with Crippen molar-refractivity contribution in [3.05, 3.63) is 16.1 Å². The number of rotatable bonds is 3. The Morgan fingerprint density at radius 2 is 2.00 bits per heavy atom. The van der Waals surface area contributed by atoms with Gasteiger partial charge in [-0.3, -0.25) is 0 Å². The van der Waals surface area contributed by atoms with Crippen molar-refractivity contribution in [3.8, 4) is 0 Å². The Kier molecular flexibility index (Phi) is 4.36. The van der Waals surface area contributed by atoms with Crippen LogP contribution in [0, 0.1) is 0 Å². The normalized spacial score (nSPS) is 20.6. The van der Waals surface area contributed by atoms with E-state index < -0.39 is 0 Å². The second kappa shape index (κ2) is 5.78. The molecule has 3 heteroatoms.